The third kappa shape index (κ3) is 5.27. The van der Waals surface area contributed by atoms with Gasteiger partial charge < -0.3 is 15.0 Å². The first-order valence-electron chi connectivity index (χ1n) is 10.7. The van der Waals surface area contributed by atoms with Gasteiger partial charge in [-0.3, -0.25) is 4.79 Å². The summed E-state index contributed by atoms with van der Waals surface area (Å²) in [6.45, 7) is 1.09. The first-order valence-corrected chi connectivity index (χ1v) is 10.7. The smallest absolute Gasteiger partial charge is 0.416 e. The van der Waals surface area contributed by atoms with Crippen LogP contribution in [0, 0.1) is 11.7 Å². The van der Waals surface area contributed by atoms with Crippen LogP contribution in [-0.4, -0.2) is 36.3 Å². The van der Waals surface area contributed by atoms with E-state index in [0.717, 1.165) is 17.7 Å². The monoisotopic (exact) mass is 474 g/mol. The quantitative estimate of drug-likeness (QED) is 0.517. The van der Waals surface area contributed by atoms with Crippen LogP contribution in [-0.2, 0) is 11.0 Å². The number of nitrogens with one attached hydrogen (secondary N) is 1. The molecule has 1 aliphatic heterocycles. The molecule has 178 valence electrons. The summed E-state index contributed by atoms with van der Waals surface area (Å²) in [5.41, 5.74) is 0.502. The molecule has 3 aromatic rings. The van der Waals surface area contributed by atoms with Crippen molar-refractivity contribution in [2.75, 3.05) is 30.4 Å². The zero-order valence-electron chi connectivity index (χ0n) is 18.3. The molecule has 0 saturated carbocycles. The Morgan fingerprint density at radius 2 is 1.74 bits per heavy atom. The largest absolute Gasteiger partial charge is 0.495 e. The molecule has 1 amide bonds. The van der Waals surface area contributed by atoms with E-state index >= 15 is 0 Å². The van der Waals surface area contributed by atoms with Gasteiger partial charge >= 0.3 is 6.18 Å². The van der Waals surface area contributed by atoms with Gasteiger partial charge in [0.2, 0.25) is 5.91 Å². The summed E-state index contributed by atoms with van der Waals surface area (Å²) in [6, 6.07) is 12.6. The minimum Gasteiger partial charge on any atom is -0.495 e. The van der Waals surface area contributed by atoms with Crippen molar-refractivity contribution >= 4 is 17.4 Å². The van der Waals surface area contributed by atoms with Crippen molar-refractivity contribution < 1.29 is 27.1 Å². The Kier molecular flexibility index (Phi) is 6.67. The van der Waals surface area contributed by atoms with Gasteiger partial charge in [0.05, 0.1) is 24.1 Å². The Morgan fingerprint density at radius 1 is 1.03 bits per heavy atom. The molecule has 0 bridgehead atoms. The second-order valence-electron chi connectivity index (χ2n) is 7.95. The molecule has 0 atom stereocenters. The fourth-order valence-corrected chi connectivity index (χ4v) is 3.86. The highest BCUT2D eigenvalue weighted by Crippen LogP contribution is 2.35. The fourth-order valence-electron chi connectivity index (χ4n) is 3.86. The van der Waals surface area contributed by atoms with E-state index in [1.165, 1.54) is 25.3 Å². The Hall–Kier alpha value is -3.69. The lowest BCUT2D eigenvalue weighted by Crippen LogP contribution is -2.38. The Morgan fingerprint density at radius 3 is 2.32 bits per heavy atom. The van der Waals surface area contributed by atoms with Crippen LogP contribution in [0.1, 0.15) is 18.4 Å². The van der Waals surface area contributed by atoms with Crippen LogP contribution in [0.5, 0.6) is 5.75 Å². The highest BCUT2D eigenvalue weighted by atomic mass is 19.4. The zero-order valence-corrected chi connectivity index (χ0v) is 18.3. The highest BCUT2D eigenvalue weighted by Gasteiger charge is 2.32. The molecule has 2 aromatic carbocycles. The van der Waals surface area contributed by atoms with Crippen LogP contribution in [0.2, 0.25) is 0 Å². The predicted octanol–water partition coefficient (Wildman–Crippen LogP) is 5.17. The topological polar surface area (TPSA) is 67.3 Å². The highest BCUT2D eigenvalue weighted by molar-refractivity contribution is 5.94. The lowest BCUT2D eigenvalue weighted by molar-refractivity contribution is -0.137. The predicted molar refractivity (Wildman–Crippen MR) is 119 cm³/mol. The molecule has 0 unspecified atom stereocenters. The second-order valence-corrected chi connectivity index (χ2v) is 7.95. The van der Waals surface area contributed by atoms with E-state index in [1.807, 2.05) is 11.0 Å². The van der Waals surface area contributed by atoms with Crippen molar-refractivity contribution in [2.24, 2.45) is 5.92 Å². The number of anilines is 2. The standard InChI is InChI=1S/C24H22F4N4O2/c1-34-21-8-4-17(24(26,27)28)14-20(21)29-23(33)16-10-12-32(13-11-16)22-9-7-19(30-31-22)15-2-5-18(25)6-3-15/h2-9,14,16H,10-13H2,1H3,(H,29,33). The molecule has 10 heteroatoms. The van der Waals surface area contributed by atoms with E-state index in [4.69, 9.17) is 4.74 Å². The molecule has 2 heterocycles. The van der Waals surface area contributed by atoms with E-state index in [-0.39, 0.29) is 29.1 Å². The molecule has 0 spiro atoms. The van der Waals surface area contributed by atoms with Gasteiger partial charge in [-0.05, 0) is 67.4 Å². The molecule has 0 radical (unpaired) electrons. The van der Waals surface area contributed by atoms with Gasteiger partial charge in [0.1, 0.15) is 11.6 Å². The van der Waals surface area contributed by atoms with Crippen LogP contribution in [0.4, 0.5) is 29.1 Å². The van der Waals surface area contributed by atoms with Crippen molar-refractivity contribution in [3.05, 3.63) is 66.0 Å². The van der Waals surface area contributed by atoms with E-state index in [2.05, 4.69) is 15.5 Å². The number of benzene rings is 2. The summed E-state index contributed by atoms with van der Waals surface area (Å²) >= 11 is 0. The maximum absolute atomic E-state index is 13.1. The van der Waals surface area contributed by atoms with Crippen LogP contribution < -0.4 is 15.0 Å². The number of halogens is 4. The third-order valence-electron chi connectivity index (χ3n) is 5.76. The second kappa shape index (κ2) is 9.66. The molecule has 1 N–H and O–H groups in total. The van der Waals surface area contributed by atoms with Gasteiger partial charge in [0.15, 0.2) is 5.82 Å². The summed E-state index contributed by atoms with van der Waals surface area (Å²) in [6.07, 6.45) is -3.51. The number of carbonyl (C=O) groups is 1. The van der Waals surface area contributed by atoms with Gasteiger partial charge in [-0.25, -0.2) is 4.39 Å². The number of ether oxygens (including phenoxy) is 1. The molecular formula is C24H22F4N4O2. The summed E-state index contributed by atoms with van der Waals surface area (Å²) in [5, 5.41) is 11.1. The molecule has 1 fully saturated rings. The number of hydrogen-bond acceptors (Lipinski definition) is 5. The van der Waals surface area contributed by atoms with Gasteiger partial charge in [0, 0.05) is 24.6 Å². The summed E-state index contributed by atoms with van der Waals surface area (Å²) in [5.74, 6) is -0.219. The third-order valence-corrected chi connectivity index (χ3v) is 5.76. The van der Waals surface area contributed by atoms with Crippen molar-refractivity contribution in [3.8, 4) is 17.0 Å². The minimum absolute atomic E-state index is 0.00740. The van der Waals surface area contributed by atoms with Crippen molar-refractivity contribution in [1.29, 1.82) is 0 Å². The Balaban J connectivity index is 1.37. The molecule has 4 rings (SSSR count). The van der Waals surface area contributed by atoms with E-state index < -0.39 is 11.7 Å². The lowest BCUT2D eigenvalue weighted by atomic mass is 9.95. The lowest BCUT2D eigenvalue weighted by Gasteiger charge is -2.32. The zero-order chi connectivity index (χ0) is 24.3. The minimum atomic E-state index is -4.52. The molecule has 1 aromatic heterocycles. The molecular weight excluding hydrogens is 452 g/mol. The number of piperidine rings is 1. The SMILES string of the molecule is COc1ccc(C(F)(F)F)cc1NC(=O)C1CCN(c2ccc(-c3ccc(F)cc3)nn2)CC1. The average Bonchev–Trinajstić information content (AvgIpc) is 2.84. The normalized spacial score (nSPS) is 14.7. The van der Waals surface area contributed by atoms with Gasteiger partial charge in [-0.2, -0.15) is 13.2 Å². The van der Waals surface area contributed by atoms with Crippen LogP contribution in [0.15, 0.2) is 54.6 Å². The van der Waals surface area contributed by atoms with Crippen LogP contribution >= 0.6 is 0 Å². The van der Waals surface area contributed by atoms with E-state index in [1.54, 1.807) is 18.2 Å². The maximum Gasteiger partial charge on any atom is 0.416 e. The Labute approximate surface area is 193 Å². The van der Waals surface area contributed by atoms with E-state index in [9.17, 15) is 22.4 Å². The number of methoxy groups -OCH3 is 1. The number of aromatic nitrogens is 2. The summed E-state index contributed by atoms with van der Waals surface area (Å²) < 4.78 is 57.4. The molecule has 1 saturated heterocycles. The van der Waals surface area contributed by atoms with Crippen molar-refractivity contribution in [2.45, 2.75) is 19.0 Å². The number of nitrogens with zero attached hydrogens (tertiary/aromatic N) is 3. The molecule has 34 heavy (non-hydrogen) atoms. The van der Waals surface area contributed by atoms with Gasteiger partial charge in [-0.1, -0.05) is 0 Å². The van der Waals surface area contributed by atoms with Crippen LogP contribution in [0.3, 0.4) is 0 Å². The number of carbonyl (C=O) groups excluding carboxylic acids is 1. The number of rotatable bonds is 5. The number of hydrogen-bond donors (Lipinski definition) is 1. The fraction of sp³-hybridized carbons (Fsp3) is 0.292. The van der Waals surface area contributed by atoms with Gasteiger partial charge in [0.25, 0.3) is 0 Å². The maximum atomic E-state index is 13.1. The van der Waals surface area contributed by atoms with E-state index in [0.29, 0.717) is 37.4 Å². The van der Waals surface area contributed by atoms with Crippen LogP contribution in [0.25, 0.3) is 11.3 Å². The first kappa shape index (κ1) is 23.5. The van der Waals surface area contributed by atoms with Crippen molar-refractivity contribution in [1.82, 2.24) is 10.2 Å². The first-order chi connectivity index (χ1) is 16.2. The molecule has 1 aliphatic rings. The number of amides is 1. The summed E-state index contributed by atoms with van der Waals surface area (Å²) in [7, 11) is 1.33. The Bertz CT molecular complexity index is 1140. The molecule has 6 nitrogen and oxygen atoms in total. The van der Waals surface area contributed by atoms with Gasteiger partial charge in [-0.15, -0.1) is 10.2 Å². The number of alkyl halides is 3. The molecule has 0 aliphatic carbocycles. The van der Waals surface area contributed by atoms with Crippen molar-refractivity contribution in [3.63, 3.8) is 0 Å². The average molecular weight is 474 g/mol. The summed E-state index contributed by atoms with van der Waals surface area (Å²) in [4.78, 5) is 14.7.